The average Bonchev–Trinajstić information content (AvgIpc) is 2.08. The van der Waals surface area contributed by atoms with Crippen molar-refractivity contribution in [1.29, 1.82) is 0 Å². The Morgan fingerprint density at radius 3 is 2.83 bits per heavy atom. The van der Waals surface area contributed by atoms with Crippen LogP contribution in [-0.4, -0.2) is 11.7 Å². The fourth-order valence-corrected chi connectivity index (χ4v) is 1.17. The van der Waals surface area contributed by atoms with Crippen molar-refractivity contribution >= 4 is 11.6 Å². The van der Waals surface area contributed by atoms with E-state index in [0.717, 1.165) is 0 Å². The van der Waals surface area contributed by atoms with Gasteiger partial charge in [-0.3, -0.25) is 0 Å². The lowest BCUT2D eigenvalue weighted by Gasteiger charge is -2.10. The summed E-state index contributed by atoms with van der Waals surface area (Å²) in [6.45, 7) is -0.247. The molecule has 0 aromatic heterocycles. The van der Waals surface area contributed by atoms with Crippen LogP contribution in [0, 0.1) is 5.82 Å². The average molecular weight is 190 g/mol. The standard InChI is InChI=1S/C8H9ClFNO/c9-8-5(7(11)4-12)2-1-3-6(8)10/h1-3,7,12H,4,11H2/t7-/m1/s1. The Labute approximate surface area is 74.8 Å². The van der Waals surface area contributed by atoms with Crippen molar-refractivity contribution in [2.24, 2.45) is 5.73 Å². The van der Waals surface area contributed by atoms with Gasteiger partial charge in [0.25, 0.3) is 0 Å². The summed E-state index contributed by atoms with van der Waals surface area (Å²) in [6, 6.07) is 3.72. The number of aliphatic hydroxyl groups excluding tert-OH is 1. The molecule has 3 N–H and O–H groups in total. The first-order chi connectivity index (χ1) is 5.66. The van der Waals surface area contributed by atoms with Gasteiger partial charge in [-0.1, -0.05) is 23.7 Å². The van der Waals surface area contributed by atoms with Gasteiger partial charge in [0.05, 0.1) is 17.7 Å². The Morgan fingerprint density at radius 1 is 1.58 bits per heavy atom. The van der Waals surface area contributed by atoms with E-state index in [-0.39, 0.29) is 11.6 Å². The molecule has 1 aromatic carbocycles. The highest BCUT2D eigenvalue weighted by molar-refractivity contribution is 6.31. The second kappa shape index (κ2) is 3.85. The molecule has 0 unspecified atom stereocenters. The van der Waals surface area contributed by atoms with Crippen LogP contribution in [0.4, 0.5) is 4.39 Å². The molecule has 0 amide bonds. The molecule has 66 valence electrons. The van der Waals surface area contributed by atoms with Crippen molar-refractivity contribution in [2.45, 2.75) is 6.04 Å². The predicted octanol–water partition coefficient (Wildman–Crippen LogP) is 1.47. The van der Waals surface area contributed by atoms with Crippen LogP contribution < -0.4 is 5.73 Å². The third-order valence-corrected chi connectivity index (χ3v) is 1.98. The lowest BCUT2D eigenvalue weighted by Crippen LogP contribution is -2.15. The zero-order chi connectivity index (χ0) is 9.14. The summed E-state index contributed by atoms with van der Waals surface area (Å²) < 4.78 is 12.8. The largest absolute Gasteiger partial charge is 0.394 e. The van der Waals surface area contributed by atoms with Crippen LogP contribution >= 0.6 is 11.6 Å². The molecule has 4 heteroatoms. The van der Waals surface area contributed by atoms with E-state index in [1.165, 1.54) is 12.1 Å². The first-order valence-electron chi connectivity index (χ1n) is 3.47. The highest BCUT2D eigenvalue weighted by Crippen LogP contribution is 2.23. The number of hydrogen-bond donors (Lipinski definition) is 2. The molecular formula is C8H9ClFNO. The SMILES string of the molecule is N[C@H](CO)c1cccc(F)c1Cl. The summed E-state index contributed by atoms with van der Waals surface area (Å²) in [5.74, 6) is -0.516. The second-order valence-corrected chi connectivity index (χ2v) is 2.81. The number of rotatable bonds is 2. The van der Waals surface area contributed by atoms with Gasteiger partial charge >= 0.3 is 0 Å². The molecule has 0 heterocycles. The van der Waals surface area contributed by atoms with Crippen LogP contribution in [-0.2, 0) is 0 Å². The van der Waals surface area contributed by atoms with Gasteiger partial charge in [0, 0.05) is 0 Å². The first-order valence-corrected chi connectivity index (χ1v) is 3.85. The van der Waals surface area contributed by atoms with Crippen molar-refractivity contribution in [3.63, 3.8) is 0 Å². The Hall–Kier alpha value is -0.640. The zero-order valence-electron chi connectivity index (χ0n) is 6.30. The second-order valence-electron chi connectivity index (χ2n) is 2.43. The van der Waals surface area contributed by atoms with Crippen LogP contribution in [0.5, 0.6) is 0 Å². The number of nitrogens with two attached hydrogens (primary N) is 1. The van der Waals surface area contributed by atoms with Gasteiger partial charge in [0.2, 0.25) is 0 Å². The fourth-order valence-electron chi connectivity index (χ4n) is 0.905. The molecule has 0 fully saturated rings. The van der Waals surface area contributed by atoms with Crippen LogP contribution in [0.15, 0.2) is 18.2 Å². The number of halogens is 2. The summed E-state index contributed by atoms with van der Waals surface area (Å²) in [5.41, 5.74) is 5.89. The van der Waals surface area contributed by atoms with Crippen LogP contribution in [0.1, 0.15) is 11.6 Å². The van der Waals surface area contributed by atoms with Crippen molar-refractivity contribution in [2.75, 3.05) is 6.61 Å². The molecule has 12 heavy (non-hydrogen) atoms. The van der Waals surface area contributed by atoms with Crippen LogP contribution in [0.3, 0.4) is 0 Å². The minimum absolute atomic E-state index is 0.0148. The Bertz CT molecular complexity index is 280. The zero-order valence-corrected chi connectivity index (χ0v) is 7.05. The van der Waals surface area contributed by atoms with Crippen molar-refractivity contribution < 1.29 is 9.50 Å². The summed E-state index contributed by atoms with van der Waals surface area (Å²) in [6.07, 6.45) is 0. The molecule has 0 saturated carbocycles. The lowest BCUT2D eigenvalue weighted by atomic mass is 10.1. The van der Waals surface area contributed by atoms with Gasteiger partial charge in [-0.15, -0.1) is 0 Å². The van der Waals surface area contributed by atoms with E-state index in [4.69, 9.17) is 22.4 Å². The molecule has 0 spiro atoms. The monoisotopic (exact) mass is 189 g/mol. The summed E-state index contributed by atoms with van der Waals surface area (Å²) in [4.78, 5) is 0. The third kappa shape index (κ3) is 1.75. The predicted molar refractivity (Wildman–Crippen MR) is 45.4 cm³/mol. The molecule has 0 saturated heterocycles. The van der Waals surface area contributed by atoms with E-state index < -0.39 is 11.9 Å². The Kier molecular flexibility index (Phi) is 3.03. The topological polar surface area (TPSA) is 46.2 Å². The van der Waals surface area contributed by atoms with Gasteiger partial charge in [0.1, 0.15) is 5.82 Å². The fraction of sp³-hybridized carbons (Fsp3) is 0.250. The number of aliphatic hydroxyl groups is 1. The minimum Gasteiger partial charge on any atom is -0.394 e. The van der Waals surface area contributed by atoms with Gasteiger partial charge in [0.15, 0.2) is 0 Å². The summed E-state index contributed by atoms with van der Waals surface area (Å²) in [7, 11) is 0. The quantitative estimate of drug-likeness (QED) is 0.740. The van der Waals surface area contributed by atoms with E-state index >= 15 is 0 Å². The van der Waals surface area contributed by atoms with E-state index in [2.05, 4.69) is 0 Å². The van der Waals surface area contributed by atoms with Gasteiger partial charge in [-0.05, 0) is 11.6 Å². The first kappa shape index (κ1) is 9.45. The molecule has 0 aliphatic carbocycles. The highest BCUT2D eigenvalue weighted by atomic mass is 35.5. The van der Waals surface area contributed by atoms with E-state index in [0.29, 0.717) is 5.56 Å². The Morgan fingerprint density at radius 2 is 2.25 bits per heavy atom. The molecule has 0 radical (unpaired) electrons. The molecule has 0 aliphatic rings. The number of benzene rings is 1. The number of hydrogen-bond acceptors (Lipinski definition) is 2. The molecule has 1 rings (SSSR count). The van der Waals surface area contributed by atoms with E-state index in [9.17, 15) is 4.39 Å². The summed E-state index contributed by atoms with van der Waals surface area (Å²) in [5, 5.41) is 8.68. The molecule has 2 nitrogen and oxygen atoms in total. The molecule has 0 bridgehead atoms. The molecule has 0 aliphatic heterocycles. The van der Waals surface area contributed by atoms with Crippen molar-refractivity contribution in [3.8, 4) is 0 Å². The maximum absolute atomic E-state index is 12.8. The van der Waals surface area contributed by atoms with E-state index in [1.807, 2.05) is 0 Å². The lowest BCUT2D eigenvalue weighted by molar-refractivity contribution is 0.268. The van der Waals surface area contributed by atoms with Crippen LogP contribution in [0.2, 0.25) is 5.02 Å². The third-order valence-electron chi connectivity index (χ3n) is 1.58. The van der Waals surface area contributed by atoms with Crippen LogP contribution in [0.25, 0.3) is 0 Å². The summed E-state index contributed by atoms with van der Waals surface area (Å²) >= 11 is 5.60. The highest BCUT2D eigenvalue weighted by Gasteiger charge is 2.11. The minimum atomic E-state index is -0.617. The van der Waals surface area contributed by atoms with Crippen molar-refractivity contribution in [3.05, 3.63) is 34.6 Å². The van der Waals surface area contributed by atoms with Crippen molar-refractivity contribution in [1.82, 2.24) is 0 Å². The van der Waals surface area contributed by atoms with E-state index in [1.54, 1.807) is 6.07 Å². The maximum Gasteiger partial charge on any atom is 0.142 e. The molecular weight excluding hydrogens is 181 g/mol. The maximum atomic E-state index is 12.8. The normalized spacial score (nSPS) is 13.0. The van der Waals surface area contributed by atoms with Gasteiger partial charge in [-0.25, -0.2) is 4.39 Å². The van der Waals surface area contributed by atoms with Gasteiger partial charge < -0.3 is 10.8 Å². The Balaban J connectivity index is 3.07. The molecule has 1 atom stereocenters. The smallest absolute Gasteiger partial charge is 0.142 e. The van der Waals surface area contributed by atoms with Gasteiger partial charge in [-0.2, -0.15) is 0 Å². The molecule has 1 aromatic rings.